The van der Waals surface area contributed by atoms with E-state index in [1.54, 1.807) is 26.2 Å². The molecule has 0 radical (unpaired) electrons. The number of nitrogens with zero attached hydrogens (tertiary/aromatic N) is 2. The van der Waals surface area contributed by atoms with Gasteiger partial charge in [-0.1, -0.05) is 0 Å². The first kappa shape index (κ1) is 10.2. The lowest BCUT2D eigenvalue weighted by Crippen LogP contribution is -2.58. The zero-order valence-corrected chi connectivity index (χ0v) is 8.90. The van der Waals surface area contributed by atoms with Crippen molar-refractivity contribution in [2.45, 2.75) is 31.4 Å². The molecular formula is C10H15N3O2. The number of nitrogens with one attached hydrogen (secondary N) is 1. The molecule has 2 N–H and O–H groups in total. The lowest BCUT2D eigenvalue weighted by Gasteiger charge is -2.42. The monoisotopic (exact) mass is 209 g/mol. The molecule has 1 aromatic rings. The van der Waals surface area contributed by atoms with Crippen LogP contribution in [0.5, 0.6) is 0 Å². The lowest BCUT2D eigenvalue weighted by atomic mass is 9.76. The maximum absolute atomic E-state index is 11.7. The molecule has 1 aliphatic carbocycles. The van der Waals surface area contributed by atoms with Crippen molar-refractivity contribution < 1.29 is 9.90 Å². The van der Waals surface area contributed by atoms with Gasteiger partial charge in [0.15, 0.2) is 0 Å². The van der Waals surface area contributed by atoms with E-state index >= 15 is 0 Å². The van der Waals surface area contributed by atoms with Gasteiger partial charge in [0.05, 0.1) is 11.6 Å². The van der Waals surface area contributed by atoms with Crippen LogP contribution in [0, 0.1) is 0 Å². The summed E-state index contributed by atoms with van der Waals surface area (Å²) in [5, 5.41) is 16.5. The van der Waals surface area contributed by atoms with Crippen molar-refractivity contribution >= 4 is 5.91 Å². The van der Waals surface area contributed by atoms with Crippen molar-refractivity contribution in [3.05, 3.63) is 18.0 Å². The Morgan fingerprint density at radius 3 is 2.93 bits per heavy atom. The van der Waals surface area contributed by atoms with Crippen LogP contribution in [-0.2, 0) is 7.05 Å². The summed E-state index contributed by atoms with van der Waals surface area (Å²) >= 11 is 0. The molecular weight excluding hydrogens is 194 g/mol. The zero-order valence-electron chi connectivity index (χ0n) is 8.90. The Bertz CT molecular complexity index is 384. The molecule has 1 heterocycles. The van der Waals surface area contributed by atoms with E-state index in [4.69, 9.17) is 0 Å². The standard InChI is InChI=1S/C10H15N3O2/c1-10(15)5-3-8(10)12-9(14)7-4-6-11-13(7)2/h4,6,8,15H,3,5H2,1-2H3,(H,12,14)/t8-,10-/m1/s1. The molecule has 2 rings (SSSR count). The molecule has 1 saturated carbocycles. The Kier molecular flexibility index (Phi) is 2.26. The molecule has 15 heavy (non-hydrogen) atoms. The first-order chi connectivity index (χ1) is 7.00. The van der Waals surface area contributed by atoms with Gasteiger partial charge in [-0.3, -0.25) is 9.48 Å². The predicted molar refractivity (Wildman–Crippen MR) is 54.3 cm³/mol. The van der Waals surface area contributed by atoms with Crippen LogP contribution >= 0.6 is 0 Å². The molecule has 0 saturated heterocycles. The Balaban J connectivity index is 2.02. The summed E-state index contributed by atoms with van der Waals surface area (Å²) < 4.78 is 1.52. The summed E-state index contributed by atoms with van der Waals surface area (Å²) in [6.45, 7) is 1.74. The fourth-order valence-corrected chi connectivity index (χ4v) is 1.76. The van der Waals surface area contributed by atoms with Crippen LogP contribution in [0.1, 0.15) is 30.3 Å². The largest absolute Gasteiger partial charge is 0.388 e. The molecule has 1 amide bonds. The molecule has 82 valence electrons. The van der Waals surface area contributed by atoms with Gasteiger partial charge in [-0.25, -0.2) is 0 Å². The first-order valence-corrected chi connectivity index (χ1v) is 5.02. The van der Waals surface area contributed by atoms with Gasteiger partial charge in [0.25, 0.3) is 5.91 Å². The van der Waals surface area contributed by atoms with Crippen molar-refractivity contribution in [3.63, 3.8) is 0 Å². The van der Waals surface area contributed by atoms with Crippen molar-refractivity contribution in [1.29, 1.82) is 0 Å². The minimum atomic E-state index is -0.756. The Hall–Kier alpha value is -1.36. The maximum Gasteiger partial charge on any atom is 0.269 e. The summed E-state index contributed by atoms with van der Waals surface area (Å²) in [6, 6.07) is 1.52. The molecule has 0 unspecified atom stereocenters. The quantitative estimate of drug-likeness (QED) is 0.724. The topological polar surface area (TPSA) is 67.2 Å². The van der Waals surface area contributed by atoms with Gasteiger partial charge < -0.3 is 10.4 Å². The van der Waals surface area contributed by atoms with Crippen LogP contribution in [0.25, 0.3) is 0 Å². The number of aliphatic hydroxyl groups is 1. The number of aryl methyl sites for hydroxylation is 1. The number of hydrogen-bond donors (Lipinski definition) is 2. The Morgan fingerprint density at radius 1 is 1.80 bits per heavy atom. The van der Waals surface area contributed by atoms with E-state index in [9.17, 15) is 9.90 Å². The molecule has 1 aromatic heterocycles. The number of aromatic nitrogens is 2. The minimum Gasteiger partial charge on any atom is -0.388 e. The second-order valence-corrected chi connectivity index (χ2v) is 4.26. The number of hydrogen-bond acceptors (Lipinski definition) is 3. The minimum absolute atomic E-state index is 0.139. The summed E-state index contributed by atoms with van der Waals surface area (Å²) in [4.78, 5) is 11.7. The van der Waals surface area contributed by atoms with Gasteiger partial charge in [0.1, 0.15) is 5.69 Å². The van der Waals surface area contributed by atoms with Gasteiger partial charge in [-0.2, -0.15) is 5.10 Å². The van der Waals surface area contributed by atoms with E-state index in [2.05, 4.69) is 10.4 Å². The molecule has 0 spiro atoms. The Labute approximate surface area is 88.1 Å². The fourth-order valence-electron chi connectivity index (χ4n) is 1.76. The number of carbonyl (C=O) groups excluding carboxylic acids is 1. The van der Waals surface area contributed by atoms with E-state index in [1.165, 1.54) is 4.68 Å². The summed E-state index contributed by atoms with van der Waals surface area (Å²) in [5.74, 6) is -0.181. The highest BCUT2D eigenvalue weighted by atomic mass is 16.3. The van der Waals surface area contributed by atoms with Gasteiger partial charge in [-0.05, 0) is 25.8 Å². The van der Waals surface area contributed by atoms with E-state index in [0.717, 1.165) is 12.8 Å². The van der Waals surface area contributed by atoms with Gasteiger partial charge in [0, 0.05) is 13.2 Å². The molecule has 1 fully saturated rings. The first-order valence-electron chi connectivity index (χ1n) is 5.02. The third kappa shape index (κ3) is 1.74. The molecule has 5 nitrogen and oxygen atoms in total. The third-order valence-electron chi connectivity index (χ3n) is 3.05. The van der Waals surface area contributed by atoms with Gasteiger partial charge in [0.2, 0.25) is 0 Å². The predicted octanol–water partition coefficient (Wildman–Crippen LogP) is 0.0633. The van der Waals surface area contributed by atoms with Crippen LogP contribution in [-0.4, -0.2) is 32.4 Å². The second kappa shape index (κ2) is 3.34. The number of rotatable bonds is 2. The summed E-state index contributed by atoms with van der Waals surface area (Å²) in [6.07, 6.45) is 3.15. The molecule has 0 aliphatic heterocycles. The fraction of sp³-hybridized carbons (Fsp3) is 0.600. The molecule has 0 bridgehead atoms. The number of carbonyl (C=O) groups is 1. The van der Waals surface area contributed by atoms with Crippen molar-refractivity contribution in [3.8, 4) is 0 Å². The Morgan fingerprint density at radius 2 is 2.53 bits per heavy atom. The molecule has 2 atom stereocenters. The van der Waals surface area contributed by atoms with E-state index in [-0.39, 0.29) is 11.9 Å². The van der Waals surface area contributed by atoms with Gasteiger partial charge in [-0.15, -0.1) is 0 Å². The lowest BCUT2D eigenvalue weighted by molar-refractivity contribution is -0.0487. The number of amides is 1. The normalized spacial score (nSPS) is 29.7. The molecule has 1 aliphatic rings. The average Bonchev–Trinajstić information content (AvgIpc) is 2.59. The highest BCUT2D eigenvalue weighted by Crippen LogP contribution is 2.31. The van der Waals surface area contributed by atoms with Crippen LogP contribution in [0.4, 0.5) is 0 Å². The van der Waals surface area contributed by atoms with E-state index < -0.39 is 5.60 Å². The van der Waals surface area contributed by atoms with Crippen molar-refractivity contribution in [1.82, 2.24) is 15.1 Å². The summed E-state index contributed by atoms with van der Waals surface area (Å²) in [7, 11) is 1.72. The highest BCUT2D eigenvalue weighted by molar-refractivity contribution is 5.92. The molecule has 5 heteroatoms. The van der Waals surface area contributed by atoms with Crippen LogP contribution in [0.15, 0.2) is 12.3 Å². The summed E-state index contributed by atoms with van der Waals surface area (Å²) in [5.41, 5.74) is -0.244. The average molecular weight is 209 g/mol. The second-order valence-electron chi connectivity index (χ2n) is 4.26. The molecule has 0 aromatic carbocycles. The zero-order chi connectivity index (χ0) is 11.1. The van der Waals surface area contributed by atoms with Crippen molar-refractivity contribution in [2.75, 3.05) is 0 Å². The maximum atomic E-state index is 11.7. The van der Waals surface area contributed by atoms with E-state index in [0.29, 0.717) is 5.69 Å². The highest BCUT2D eigenvalue weighted by Gasteiger charge is 2.41. The third-order valence-corrected chi connectivity index (χ3v) is 3.05. The van der Waals surface area contributed by atoms with Gasteiger partial charge >= 0.3 is 0 Å². The van der Waals surface area contributed by atoms with Crippen LogP contribution < -0.4 is 5.32 Å². The van der Waals surface area contributed by atoms with Crippen LogP contribution in [0.2, 0.25) is 0 Å². The smallest absolute Gasteiger partial charge is 0.269 e. The van der Waals surface area contributed by atoms with E-state index in [1.807, 2.05) is 0 Å². The van der Waals surface area contributed by atoms with Crippen molar-refractivity contribution in [2.24, 2.45) is 7.05 Å². The van der Waals surface area contributed by atoms with Crippen LogP contribution in [0.3, 0.4) is 0 Å². The SMILES string of the molecule is Cn1nccc1C(=O)N[C@@H]1CC[C@@]1(C)O.